The van der Waals surface area contributed by atoms with E-state index in [0.717, 1.165) is 12.0 Å². The maximum absolute atomic E-state index is 11.9. The van der Waals surface area contributed by atoms with Gasteiger partial charge in [-0.1, -0.05) is 18.6 Å². The summed E-state index contributed by atoms with van der Waals surface area (Å²) in [6.07, 6.45) is 2.55. The van der Waals surface area contributed by atoms with Crippen molar-refractivity contribution in [2.45, 2.75) is 32.4 Å². The van der Waals surface area contributed by atoms with Crippen molar-refractivity contribution in [2.75, 3.05) is 6.67 Å². The predicted octanol–water partition coefficient (Wildman–Crippen LogP) is 0.967. The molecule has 0 bridgehead atoms. The number of hydrogen-bond donors (Lipinski definition) is 2. The van der Waals surface area contributed by atoms with E-state index in [1.54, 1.807) is 6.08 Å². The molecule has 0 saturated heterocycles. The molecule has 66 valence electrons. The fraction of sp³-hybridized carbons (Fsp3) is 0.750. The lowest BCUT2D eigenvalue weighted by molar-refractivity contribution is 0.463. The van der Waals surface area contributed by atoms with Gasteiger partial charge in [0.15, 0.2) is 0 Å². The lowest BCUT2D eigenvalue weighted by Gasteiger charge is -2.10. The first-order valence-electron chi connectivity index (χ1n) is 3.87. The van der Waals surface area contributed by atoms with Crippen LogP contribution in [-0.4, -0.2) is 18.8 Å². The fourth-order valence-corrected chi connectivity index (χ4v) is 0.828. The Morgan fingerprint density at radius 2 is 2.09 bits per heavy atom. The molecular formula is C8H17FN2. The minimum atomic E-state index is -0.520. The van der Waals surface area contributed by atoms with Gasteiger partial charge in [-0.2, -0.15) is 0 Å². The van der Waals surface area contributed by atoms with Crippen LogP contribution in [0.15, 0.2) is 11.6 Å². The van der Waals surface area contributed by atoms with Crippen LogP contribution in [0.2, 0.25) is 0 Å². The van der Waals surface area contributed by atoms with E-state index in [4.69, 9.17) is 11.5 Å². The van der Waals surface area contributed by atoms with Gasteiger partial charge in [0.1, 0.15) is 6.67 Å². The highest BCUT2D eigenvalue weighted by atomic mass is 19.1. The van der Waals surface area contributed by atoms with Crippen LogP contribution in [0, 0.1) is 0 Å². The second-order valence-corrected chi connectivity index (χ2v) is 2.74. The number of hydrogen-bond acceptors (Lipinski definition) is 2. The minimum absolute atomic E-state index is 0.0209. The molecule has 0 aliphatic heterocycles. The lowest BCUT2D eigenvalue weighted by Crippen LogP contribution is -2.25. The highest BCUT2D eigenvalue weighted by Gasteiger charge is 2.03. The standard InChI is InChI=1S/C8H17FN2/c1-3-8(11)6(2)4-7(10)5-9/h4,7-8H,3,5,10-11H2,1-2H3. The SMILES string of the molecule is CCC(N)C(C)=CC(N)CF. The van der Waals surface area contributed by atoms with Crippen LogP contribution in [0.3, 0.4) is 0 Å². The summed E-state index contributed by atoms with van der Waals surface area (Å²) in [5, 5.41) is 0. The van der Waals surface area contributed by atoms with Gasteiger partial charge in [-0.25, -0.2) is 4.39 Å². The molecule has 4 N–H and O–H groups in total. The van der Waals surface area contributed by atoms with Crippen LogP contribution < -0.4 is 11.5 Å². The maximum atomic E-state index is 11.9. The van der Waals surface area contributed by atoms with E-state index in [1.165, 1.54) is 0 Å². The lowest BCUT2D eigenvalue weighted by atomic mass is 10.1. The number of halogens is 1. The summed E-state index contributed by atoms with van der Waals surface area (Å²) >= 11 is 0. The summed E-state index contributed by atoms with van der Waals surface area (Å²) in [6.45, 7) is 3.35. The minimum Gasteiger partial charge on any atom is -0.324 e. The molecular weight excluding hydrogens is 143 g/mol. The van der Waals surface area contributed by atoms with Gasteiger partial charge < -0.3 is 11.5 Å². The zero-order valence-corrected chi connectivity index (χ0v) is 7.18. The van der Waals surface area contributed by atoms with Gasteiger partial charge in [0.2, 0.25) is 0 Å². The number of nitrogens with two attached hydrogens (primary N) is 2. The van der Waals surface area contributed by atoms with Gasteiger partial charge in [0.05, 0.1) is 6.04 Å². The number of alkyl halides is 1. The Balaban J connectivity index is 3.98. The normalized spacial score (nSPS) is 18.1. The first-order valence-corrected chi connectivity index (χ1v) is 3.87. The molecule has 0 aromatic rings. The second-order valence-electron chi connectivity index (χ2n) is 2.74. The van der Waals surface area contributed by atoms with Crippen LogP contribution in [-0.2, 0) is 0 Å². The largest absolute Gasteiger partial charge is 0.324 e. The van der Waals surface area contributed by atoms with Crippen LogP contribution in [0.5, 0.6) is 0 Å². The van der Waals surface area contributed by atoms with Gasteiger partial charge in [-0.05, 0) is 13.3 Å². The Morgan fingerprint density at radius 3 is 2.45 bits per heavy atom. The van der Waals surface area contributed by atoms with E-state index >= 15 is 0 Å². The van der Waals surface area contributed by atoms with E-state index in [2.05, 4.69) is 0 Å². The zero-order valence-electron chi connectivity index (χ0n) is 7.18. The summed E-state index contributed by atoms with van der Waals surface area (Å²) in [5.74, 6) is 0. The fourth-order valence-electron chi connectivity index (χ4n) is 0.828. The predicted molar refractivity (Wildman–Crippen MR) is 46.0 cm³/mol. The average Bonchev–Trinajstić information content (AvgIpc) is 2.02. The van der Waals surface area contributed by atoms with Crippen LogP contribution >= 0.6 is 0 Å². The van der Waals surface area contributed by atoms with E-state index in [0.29, 0.717) is 0 Å². The molecule has 2 nitrogen and oxygen atoms in total. The van der Waals surface area contributed by atoms with Gasteiger partial charge in [-0.15, -0.1) is 0 Å². The van der Waals surface area contributed by atoms with E-state index in [-0.39, 0.29) is 6.04 Å². The van der Waals surface area contributed by atoms with Crippen molar-refractivity contribution in [1.29, 1.82) is 0 Å². The van der Waals surface area contributed by atoms with Crippen molar-refractivity contribution in [3.8, 4) is 0 Å². The molecule has 0 aliphatic rings. The maximum Gasteiger partial charge on any atom is 0.108 e. The van der Waals surface area contributed by atoms with E-state index < -0.39 is 12.7 Å². The molecule has 2 atom stereocenters. The van der Waals surface area contributed by atoms with Gasteiger partial charge in [0, 0.05) is 6.04 Å². The molecule has 0 amide bonds. The summed E-state index contributed by atoms with van der Waals surface area (Å²) in [7, 11) is 0. The van der Waals surface area contributed by atoms with Crippen molar-refractivity contribution >= 4 is 0 Å². The molecule has 0 heterocycles. The quantitative estimate of drug-likeness (QED) is 0.602. The summed E-state index contributed by atoms with van der Waals surface area (Å²) in [4.78, 5) is 0. The Morgan fingerprint density at radius 1 is 1.55 bits per heavy atom. The molecule has 0 aromatic carbocycles. The van der Waals surface area contributed by atoms with E-state index in [1.807, 2.05) is 13.8 Å². The average molecular weight is 160 g/mol. The van der Waals surface area contributed by atoms with Gasteiger partial charge in [0.25, 0.3) is 0 Å². The third-order valence-electron chi connectivity index (χ3n) is 1.68. The van der Waals surface area contributed by atoms with Crippen molar-refractivity contribution in [2.24, 2.45) is 11.5 Å². The smallest absolute Gasteiger partial charge is 0.108 e. The molecule has 0 fully saturated rings. The molecule has 0 radical (unpaired) electrons. The first kappa shape index (κ1) is 10.6. The van der Waals surface area contributed by atoms with Crippen molar-refractivity contribution < 1.29 is 4.39 Å². The molecule has 0 aromatic heterocycles. The van der Waals surface area contributed by atoms with Gasteiger partial charge in [-0.3, -0.25) is 0 Å². The van der Waals surface area contributed by atoms with Crippen molar-refractivity contribution in [3.05, 3.63) is 11.6 Å². The van der Waals surface area contributed by atoms with Crippen LogP contribution in [0.1, 0.15) is 20.3 Å². The Hall–Kier alpha value is -0.410. The van der Waals surface area contributed by atoms with Crippen molar-refractivity contribution in [3.63, 3.8) is 0 Å². The van der Waals surface area contributed by atoms with Crippen molar-refractivity contribution in [1.82, 2.24) is 0 Å². The first-order chi connectivity index (χ1) is 5.11. The van der Waals surface area contributed by atoms with Gasteiger partial charge >= 0.3 is 0 Å². The summed E-state index contributed by atoms with van der Waals surface area (Å²) in [5.41, 5.74) is 12.0. The summed E-state index contributed by atoms with van der Waals surface area (Å²) in [6, 6.07) is -0.472. The van der Waals surface area contributed by atoms with Crippen LogP contribution in [0.25, 0.3) is 0 Å². The monoisotopic (exact) mass is 160 g/mol. The molecule has 0 spiro atoms. The Labute approximate surface area is 67.4 Å². The highest BCUT2D eigenvalue weighted by molar-refractivity contribution is 5.09. The summed E-state index contributed by atoms with van der Waals surface area (Å²) < 4.78 is 11.9. The zero-order chi connectivity index (χ0) is 8.85. The number of rotatable bonds is 4. The highest BCUT2D eigenvalue weighted by Crippen LogP contribution is 2.03. The molecule has 11 heavy (non-hydrogen) atoms. The molecule has 2 unspecified atom stereocenters. The molecule has 0 aliphatic carbocycles. The van der Waals surface area contributed by atoms with E-state index in [9.17, 15) is 4.39 Å². The Kier molecular flexibility index (Phi) is 5.07. The topological polar surface area (TPSA) is 52.0 Å². The molecule has 3 heteroatoms. The van der Waals surface area contributed by atoms with Crippen LogP contribution in [0.4, 0.5) is 4.39 Å². The molecule has 0 rings (SSSR count). The molecule has 0 saturated carbocycles. The third kappa shape index (κ3) is 4.11. The third-order valence-corrected chi connectivity index (χ3v) is 1.68. The Bertz CT molecular complexity index is 134. The second kappa shape index (κ2) is 5.27.